The molecule has 0 saturated heterocycles. The lowest BCUT2D eigenvalue weighted by molar-refractivity contribution is -0.136. The highest BCUT2D eigenvalue weighted by Gasteiger charge is 2.33. The minimum absolute atomic E-state index is 0.332. The second-order valence-electron chi connectivity index (χ2n) is 8.63. The van der Waals surface area contributed by atoms with E-state index in [1.807, 2.05) is 25.1 Å². The first kappa shape index (κ1) is 27.5. The second-order valence-corrected chi connectivity index (χ2v) is 8.63. The number of methoxy groups -OCH3 is 1. The third-order valence-electron chi connectivity index (χ3n) is 5.95. The summed E-state index contributed by atoms with van der Waals surface area (Å²) >= 11 is 0. The minimum atomic E-state index is -0.621. The monoisotopic (exact) mass is 474 g/mol. The summed E-state index contributed by atoms with van der Waals surface area (Å²) in [6.45, 7) is 7.33. The topological polar surface area (TPSA) is 85.9 Å². The summed E-state index contributed by atoms with van der Waals surface area (Å²) in [5.41, 5.74) is 1.78. The quantitative estimate of drug-likeness (QED) is 0.220. The number of ether oxygens (including phenoxy) is 3. The highest BCUT2D eigenvalue weighted by atomic mass is 16.5. The van der Waals surface area contributed by atoms with E-state index in [2.05, 4.69) is 24.5 Å². The van der Waals surface area contributed by atoms with Gasteiger partial charge in [0, 0.05) is 5.70 Å². The van der Waals surface area contributed by atoms with E-state index in [-0.39, 0.29) is 6.03 Å². The van der Waals surface area contributed by atoms with Gasteiger partial charge in [0.1, 0.15) is 0 Å². The van der Waals surface area contributed by atoms with Crippen molar-refractivity contribution in [3.63, 3.8) is 0 Å². The molecule has 1 atom stereocenters. The van der Waals surface area contributed by atoms with E-state index in [9.17, 15) is 9.59 Å². The van der Waals surface area contributed by atoms with Crippen molar-refractivity contribution in [3.8, 4) is 11.5 Å². The summed E-state index contributed by atoms with van der Waals surface area (Å²) in [5.74, 6) is 0.822. The summed E-state index contributed by atoms with van der Waals surface area (Å²) in [7, 11) is 1.35. The largest absolute Gasteiger partial charge is 0.490 e. The van der Waals surface area contributed by atoms with Crippen molar-refractivity contribution in [2.75, 3.05) is 20.3 Å². The van der Waals surface area contributed by atoms with Gasteiger partial charge < -0.3 is 24.8 Å². The summed E-state index contributed by atoms with van der Waals surface area (Å²) < 4.78 is 16.9. The lowest BCUT2D eigenvalue weighted by Crippen LogP contribution is -2.45. The Hall–Kier alpha value is -2.70. The molecule has 0 bridgehead atoms. The number of urea groups is 1. The number of benzene rings is 1. The average Bonchev–Trinajstić information content (AvgIpc) is 2.84. The molecule has 1 aliphatic rings. The summed E-state index contributed by atoms with van der Waals surface area (Å²) in [6.07, 6.45) is 11.0. The van der Waals surface area contributed by atoms with Crippen molar-refractivity contribution in [2.45, 2.75) is 91.0 Å². The highest BCUT2D eigenvalue weighted by Crippen LogP contribution is 2.35. The number of esters is 1. The molecule has 0 aliphatic carbocycles. The lowest BCUT2D eigenvalue weighted by atomic mass is 9.93. The van der Waals surface area contributed by atoms with Gasteiger partial charge in [0.15, 0.2) is 11.5 Å². The van der Waals surface area contributed by atoms with Crippen LogP contribution in [-0.2, 0) is 9.53 Å². The summed E-state index contributed by atoms with van der Waals surface area (Å²) in [5, 5.41) is 5.66. The van der Waals surface area contributed by atoms with Crippen LogP contribution in [0.15, 0.2) is 29.5 Å². The fourth-order valence-corrected chi connectivity index (χ4v) is 4.10. The average molecular weight is 475 g/mol. The number of carbonyl (C=O) groups excluding carboxylic acids is 2. The number of nitrogens with one attached hydrogen (secondary N) is 2. The van der Waals surface area contributed by atoms with Gasteiger partial charge in [-0.25, -0.2) is 9.59 Å². The van der Waals surface area contributed by atoms with E-state index >= 15 is 0 Å². The maximum Gasteiger partial charge on any atom is 0.337 e. The van der Waals surface area contributed by atoms with Crippen LogP contribution in [-0.4, -0.2) is 32.3 Å². The first-order valence-corrected chi connectivity index (χ1v) is 12.8. The molecule has 1 heterocycles. The van der Waals surface area contributed by atoms with Gasteiger partial charge in [0.2, 0.25) is 0 Å². The molecule has 0 saturated carbocycles. The molecule has 0 spiro atoms. The number of hydrogen-bond acceptors (Lipinski definition) is 5. The predicted molar refractivity (Wildman–Crippen MR) is 134 cm³/mol. The Labute approximate surface area is 204 Å². The van der Waals surface area contributed by atoms with Crippen LogP contribution >= 0.6 is 0 Å². The van der Waals surface area contributed by atoms with E-state index < -0.39 is 12.0 Å². The molecule has 190 valence electrons. The Kier molecular flexibility index (Phi) is 12.4. The molecule has 7 nitrogen and oxygen atoms in total. The van der Waals surface area contributed by atoms with Crippen molar-refractivity contribution >= 4 is 12.0 Å². The van der Waals surface area contributed by atoms with Gasteiger partial charge in [-0.1, -0.05) is 64.9 Å². The molecule has 1 aliphatic heterocycles. The maximum atomic E-state index is 12.7. The molecule has 34 heavy (non-hydrogen) atoms. The van der Waals surface area contributed by atoms with E-state index in [1.54, 1.807) is 0 Å². The smallest absolute Gasteiger partial charge is 0.337 e. The molecule has 0 fully saturated rings. The van der Waals surface area contributed by atoms with Gasteiger partial charge in [-0.05, 0) is 43.9 Å². The number of carbonyl (C=O) groups is 2. The standard InChI is InChI=1S/C27H42N2O5/c1-5-8-10-11-12-13-14-18-34-22-17-16-20(19-23(22)33-7-3)25-24(26(30)32-4)21(15-9-6-2)28-27(31)29-25/h16-17,19,25H,5-15,18H2,1-4H3,(H2,28,29,31). The zero-order chi connectivity index (χ0) is 24.8. The molecular formula is C27H42N2O5. The first-order chi connectivity index (χ1) is 16.5. The van der Waals surface area contributed by atoms with E-state index in [0.29, 0.717) is 42.4 Å². The second kappa shape index (κ2) is 15.3. The van der Waals surface area contributed by atoms with Gasteiger partial charge in [-0.15, -0.1) is 0 Å². The molecule has 1 aromatic rings. The van der Waals surface area contributed by atoms with Crippen molar-refractivity contribution in [1.82, 2.24) is 10.6 Å². The Bertz CT molecular complexity index is 821. The Morgan fingerprint density at radius 3 is 2.29 bits per heavy atom. The van der Waals surface area contributed by atoms with Crippen LogP contribution in [0.1, 0.15) is 96.6 Å². The fraction of sp³-hybridized carbons (Fsp3) is 0.630. The summed E-state index contributed by atoms with van der Waals surface area (Å²) in [6, 6.07) is 4.63. The molecule has 2 rings (SSSR count). The number of allylic oxidation sites excluding steroid dienone is 1. The van der Waals surface area contributed by atoms with Crippen LogP contribution < -0.4 is 20.1 Å². The number of rotatable bonds is 16. The number of hydrogen-bond donors (Lipinski definition) is 2. The van der Waals surface area contributed by atoms with Crippen LogP contribution in [0, 0.1) is 0 Å². The van der Waals surface area contributed by atoms with Gasteiger partial charge in [0.25, 0.3) is 0 Å². The van der Waals surface area contributed by atoms with Crippen LogP contribution in [0.3, 0.4) is 0 Å². The molecular weight excluding hydrogens is 432 g/mol. The molecule has 0 radical (unpaired) electrons. The van der Waals surface area contributed by atoms with Crippen molar-refractivity contribution < 1.29 is 23.8 Å². The van der Waals surface area contributed by atoms with Crippen molar-refractivity contribution in [3.05, 3.63) is 35.0 Å². The molecule has 0 aromatic heterocycles. The van der Waals surface area contributed by atoms with Gasteiger partial charge in [-0.2, -0.15) is 0 Å². The highest BCUT2D eigenvalue weighted by molar-refractivity contribution is 5.95. The zero-order valence-corrected chi connectivity index (χ0v) is 21.3. The Morgan fingerprint density at radius 1 is 0.912 bits per heavy atom. The Balaban J connectivity index is 2.16. The first-order valence-electron chi connectivity index (χ1n) is 12.8. The molecule has 7 heteroatoms. The molecule has 2 N–H and O–H groups in total. The molecule has 1 aromatic carbocycles. The lowest BCUT2D eigenvalue weighted by Gasteiger charge is -2.29. The van der Waals surface area contributed by atoms with E-state index in [1.165, 1.54) is 39.2 Å². The summed E-state index contributed by atoms with van der Waals surface area (Å²) in [4.78, 5) is 25.0. The van der Waals surface area contributed by atoms with Crippen molar-refractivity contribution in [2.24, 2.45) is 0 Å². The van der Waals surface area contributed by atoms with Crippen LogP contribution in [0.2, 0.25) is 0 Å². The zero-order valence-electron chi connectivity index (χ0n) is 21.3. The maximum absolute atomic E-state index is 12.7. The van der Waals surface area contributed by atoms with Crippen LogP contribution in [0.4, 0.5) is 4.79 Å². The molecule has 1 unspecified atom stereocenters. The predicted octanol–water partition coefficient (Wildman–Crippen LogP) is 6.19. The van der Waals surface area contributed by atoms with Gasteiger partial charge >= 0.3 is 12.0 Å². The minimum Gasteiger partial charge on any atom is -0.490 e. The van der Waals surface area contributed by atoms with E-state index in [4.69, 9.17) is 14.2 Å². The van der Waals surface area contributed by atoms with Crippen molar-refractivity contribution in [1.29, 1.82) is 0 Å². The number of unbranched alkanes of at least 4 members (excludes halogenated alkanes) is 7. The third-order valence-corrected chi connectivity index (χ3v) is 5.95. The Morgan fingerprint density at radius 2 is 1.62 bits per heavy atom. The number of amides is 2. The normalized spacial score (nSPS) is 15.5. The third kappa shape index (κ3) is 8.26. The van der Waals surface area contributed by atoms with Crippen LogP contribution in [0.25, 0.3) is 0 Å². The fourth-order valence-electron chi connectivity index (χ4n) is 4.10. The van der Waals surface area contributed by atoms with Gasteiger partial charge in [0.05, 0.1) is 31.9 Å². The SMILES string of the molecule is CCCCCCCCCOc1ccc(C2NC(=O)NC(CCCC)=C2C(=O)OC)cc1OCC. The van der Waals surface area contributed by atoms with E-state index in [0.717, 1.165) is 31.2 Å². The van der Waals surface area contributed by atoms with Crippen LogP contribution in [0.5, 0.6) is 11.5 Å². The molecule has 2 amide bonds. The van der Waals surface area contributed by atoms with Gasteiger partial charge in [-0.3, -0.25) is 0 Å².